The number of carbonyl (C=O) groups is 2. The molecule has 3 rings (SSSR count). The van der Waals surface area contributed by atoms with Crippen LogP contribution in [0.15, 0.2) is 24.3 Å². The lowest BCUT2D eigenvalue weighted by Gasteiger charge is -2.25. The van der Waals surface area contributed by atoms with E-state index in [2.05, 4.69) is 5.32 Å². The maximum absolute atomic E-state index is 12.5. The van der Waals surface area contributed by atoms with E-state index in [1.165, 1.54) is 0 Å². The fourth-order valence-corrected chi connectivity index (χ4v) is 3.75. The summed E-state index contributed by atoms with van der Waals surface area (Å²) in [5.74, 6) is 0.705. The van der Waals surface area contributed by atoms with Gasteiger partial charge in [-0.3, -0.25) is 4.79 Å². The molecule has 1 N–H and O–H groups in total. The number of amides is 3. The Morgan fingerprint density at radius 3 is 2.56 bits per heavy atom. The Morgan fingerprint density at radius 2 is 1.81 bits per heavy atom. The zero-order chi connectivity index (χ0) is 19.1. The van der Waals surface area contributed by atoms with Crippen LogP contribution < -0.4 is 5.32 Å². The Bertz CT molecular complexity index is 632. The molecule has 148 valence electrons. The highest BCUT2D eigenvalue weighted by Gasteiger charge is 2.23. The molecule has 3 amide bonds. The molecule has 1 aromatic rings. The van der Waals surface area contributed by atoms with Crippen LogP contribution in [0.1, 0.15) is 32.1 Å². The Morgan fingerprint density at radius 1 is 1.07 bits per heavy atom. The van der Waals surface area contributed by atoms with Crippen molar-refractivity contribution in [3.8, 4) is 0 Å². The van der Waals surface area contributed by atoms with Crippen molar-refractivity contribution in [3.05, 3.63) is 29.3 Å². The first-order valence-electron chi connectivity index (χ1n) is 9.79. The Hall–Kier alpha value is -1.79. The van der Waals surface area contributed by atoms with E-state index < -0.39 is 0 Å². The van der Waals surface area contributed by atoms with Crippen LogP contribution in [0.25, 0.3) is 0 Å². The minimum absolute atomic E-state index is 0.133. The predicted molar refractivity (Wildman–Crippen MR) is 106 cm³/mol. The lowest BCUT2D eigenvalue weighted by molar-refractivity contribution is -0.131. The number of ether oxygens (including phenoxy) is 1. The number of nitrogens with one attached hydrogen (secondary N) is 1. The van der Waals surface area contributed by atoms with E-state index in [1.807, 2.05) is 4.90 Å². The number of hydrogen-bond acceptors (Lipinski definition) is 3. The van der Waals surface area contributed by atoms with E-state index in [0.717, 1.165) is 44.6 Å². The van der Waals surface area contributed by atoms with Crippen molar-refractivity contribution in [1.82, 2.24) is 9.80 Å². The molecule has 0 bridgehead atoms. The highest BCUT2D eigenvalue weighted by molar-refractivity contribution is 6.30. The third-order valence-electron chi connectivity index (χ3n) is 5.25. The highest BCUT2D eigenvalue weighted by atomic mass is 35.5. The van der Waals surface area contributed by atoms with Gasteiger partial charge >= 0.3 is 6.03 Å². The fourth-order valence-electron chi connectivity index (χ4n) is 3.63. The molecule has 1 aromatic carbocycles. The first-order chi connectivity index (χ1) is 13.1. The summed E-state index contributed by atoms with van der Waals surface area (Å²) in [6, 6.07) is 6.92. The smallest absolute Gasteiger partial charge is 0.321 e. The van der Waals surface area contributed by atoms with Gasteiger partial charge in [-0.1, -0.05) is 11.6 Å². The third kappa shape index (κ3) is 6.11. The van der Waals surface area contributed by atoms with E-state index in [-0.39, 0.29) is 11.9 Å². The number of hydrogen-bond donors (Lipinski definition) is 1. The third-order valence-corrected chi connectivity index (χ3v) is 5.50. The first-order valence-corrected chi connectivity index (χ1v) is 10.2. The summed E-state index contributed by atoms with van der Waals surface area (Å²) in [7, 11) is 0. The molecule has 2 fully saturated rings. The van der Waals surface area contributed by atoms with E-state index in [1.54, 1.807) is 29.2 Å². The van der Waals surface area contributed by atoms with Crippen LogP contribution in [0.3, 0.4) is 0 Å². The second kappa shape index (κ2) is 9.95. The van der Waals surface area contributed by atoms with Gasteiger partial charge in [-0.05, 0) is 55.9 Å². The molecule has 0 saturated carbocycles. The van der Waals surface area contributed by atoms with Crippen LogP contribution in [0.5, 0.6) is 0 Å². The van der Waals surface area contributed by atoms with E-state index >= 15 is 0 Å². The van der Waals surface area contributed by atoms with Crippen molar-refractivity contribution >= 4 is 29.2 Å². The quantitative estimate of drug-likeness (QED) is 0.849. The maximum atomic E-state index is 12.5. The van der Waals surface area contributed by atoms with Gasteiger partial charge in [0, 0.05) is 56.5 Å². The molecular formula is C20H28ClN3O3. The number of benzene rings is 1. The number of urea groups is 1. The molecule has 2 aliphatic heterocycles. The molecule has 2 aliphatic rings. The summed E-state index contributed by atoms with van der Waals surface area (Å²) in [6.45, 7) is 4.15. The summed E-state index contributed by atoms with van der Waals surface area (Å²) in [6.07, 6.45) is 4.53. The van der Waals surface area contributed by atoms with E-state index in [9.17, 15) is 9.59 Å². The van der Waals surface area contributed by atoms with Crippen LogP contribution in [-0.4, -0.2) is 61.1 Å². The summed E-state index contributed by atoms with van der Waals surface area (Å²) in [4.78, 5) is 28.7. The van der Waals surface area contributed by atoms with Crippen molar-refractivity contribution in [1.29, 1.82) is 0 Å². The van der Waals surface area contributed by atoms with Gasteiger partial charge < -0.3 is 19.9 Å². The standard InChI is InChI=1S/C20H28ClN3O3/c21-17-5-7-18(8-6-17)22-20(26)24-11-2-10-23(12-13-24)19(25)9-4-16-3-1-14-27-15-16/h5-8,16H,1-4,9-15H2,(H,22,26). The summed E-state index contributed by atoms with van der Waals surface area (Å²) in [5.41, 5.74) is 0.719. The lowest BCUT2D eigenvalue weighted by atomic mass is 9.96. The molecule has 0 radical (unpaired) electrons. The minimum Gasteiger partial charge on any atom is -0.381 e. The number of rotatable bonds is 4. The van der Waals surface area contributed by atoms with Gasteiger partial charge in [0.2, 0.25) is 5.91 Å². The van der Waals surface area contributed by atoms with Crippen molar-refractivity contribution < 1.29 is 14.3 Å². The number of anilines is 1. The molecule has 27 heavy (non-hydrogen) atoms. The largest absolute Gasteiger partial charge is 0.381 e. The summed E-state index contributed by atoms with van der Waals surface area (Å²) in [5, 5.41) is 3.53. The minimum atomic E-state index is -0.133. The zero-order valence-corrected chi connectivity index (χ0v) is 16.4. The van der Waals surface area contributed by atoms with Gasteiger partial charge in [-0.15, -0.1) is 0 Å². The van der Waals surface area contributed by atoms with E-state index in [4.69, 9.17) is 16.3 Å². The van der Waals surface area contributed by atoms with Crippen LogP contribution >= 0.6 is 11.6 Å². The maximum Gasteiger partial charge on any atom is 0.321 e. The molecule has 7 heteroatoms. The number of carbonyl (C=O) groups excluding carboxylic acids is 2. The van der Waals surface area contributed by atoms with Crippen molar-refractivity contribution in [2.75, 3.05) is 44.7 Å². The van der Waals surface area contributed by atoms with Gasteiger partial charge in [0.05, 0.1) is 0 Å². The second-order valence-electron chi connectivity index (χ2n) is 7.28. The average molecular weight is 394 g/mol. The van der Waals surface area contributed by atoms with Crippen LogP contribution in [0.4, 0.5) is 10.5 Å². The molecule has 2 saturated heterocycles. The Labute approximate surface area is 165 Å². The van der Waals surface area contributed by atoms with Crippen molar-refractivity contribution in [2.24, 2.45) is 5.92 Å². The molecule has 0 aliphatic carbocycles. The first kappa shape index (κ1) is 20.0. The second-order valence-corrected chi connectivity index (χ2v) is 7.72. The monoisotopic (exact) mass is 393 g/mol. The lowest BCUT2D eigenvalue weighted by Crippen LogP contribution is -2.39. The summed E-state index contributed by atoms with van der Waals surface area (Å²) >= 11 is 5.87. The van der Waals surface area contributed by atoms with Gasteiger partial charge in [0.15, 0.2) is 0 Å². The van der Waals surface area contributed by atoms with E-state index in [0.29, 0.717) is 43.5 Å². The predicted octanol–water partition coefficient (Wildman–Crippen LogP) is 3.61. The van der Waals surface area contributed by atoms with Gasteiger partial charge in [0.25, 0.3) is 0 Å². The topological polar surface area (TPSA) is 61.9 Å². The molecule has 6 nitrogen and oxygen atoms in total. The van der Waals surface area contributed by atoms with Crippen molar-refractivity contribution in [2.45, 2.75) is 32.1 Å². The molecule has 0 aromatic heterocycles. The van der Waals surface area contributed by atoms with Crippen LogP contribution in [0, 0.1) is 5.92 Å². The van der Waals surface area contributed by atoms with Gasteiger partial charge in [0.1, 0.15) is 0 Å². The molecule has 1 atom stereocenters. The molecule has 0 spiro atoms. The summed E-state index contributed by atoms with van der Waals surface area (Å²) < 4.78 is 5.49. The number of halogens is 1. The molecule has 1 unspecified atom stereocenters. The Balaban J connectivity index is 1.44. The average Bonchev–Trinajstić information content (AvgIpc) is 2.95. The fraction of sp³-hybridized carbons (Fsp3) is 0.600. The molecular weight excluding hydrogens is 366 g/mol. The molecule has 2 heterocycles. The van der Waals surface area contributed by atoms with Gasteiger partial charge in [-0.25, -0.2) is 4.79 Å². The SMILES string of the molecule is O=C(CCC1CCCOC1)N1CCCN(C(=O)Nc2ccc(Cl)cc2)CC1. The normalized spacial score (nSPS) is 20.9. The highest BCUT2D eigenvalue weighted by Crippen LogP contribution is 2.20. The van der Waals surface area contributed by atoms with Gasteiger partial charge in [-0.2, -0.15) is 0 Å². The number of nitrogens with zero attached hydrogens (tertiary/aromatic N) is 2. The van der Waals surface area contributed by atoms with Crippen molar-refractivity contribution in [3.63, 3.8) is 0 Å². The zero-order valence-electron chi connectivity index (χ0n) is 15.7. The van der Waals surface area contributed by atoms with Crippen LogP contribution in [-0.2, 0) is 9.53 Å². The van der Waals surface area contributed by atoms with Crippen LogP contribution in [0.2, 0.25) is 5.02 Å². The Kier molecular flexibility index (Phi) is 7.35.